The Morgan fingerprint density at radius 2 is 2.18 bits per heavy atom. The normalized spacial score (nSPS) is 10.1. The van der Waals surface area contributed by atoms with Crippen LogP contribution in [0.15, 0.2) is 34.1 Å². The van der Waals surface area contributed by atoms with E-state index in [1.165, 1.54) is 0 Å². The molecule has 0 bridgehead atoms. The Balaban J connectivity index is 2.00. The maximum atomic E-state index is 10.9. The Kier molecular flexibility index (Phi) is 3.24. The Morgan fingerprint density at radius 1 is 1.35 bits per heavy atom. The molecular weight excluding hydrogens is 240 g/mol. The molecular formula is C11H10N2O3S. The van der Waals surface area contributed by atoms with E-state index in [1.807, 2.05) is 23.6 Å². The molecule has 0 aliphatic carbocycles. The van der Waals surface area contributed by atoms with Crippen LogP contribution in [-0.2, 0) is 16.1 Å². The fourth-order valence-electron chi connectivity index (χ4n) is 1.28. The van der Waals surface area contributed by atoms with Crippen LogP contribution in [0.4, 0.5) is 0 Å². The molecule has 0 aliphatic rings. The molecule has 0 aliphatic heterocycles. The van der Waals surface area contributed by atoms with Crippen molar-refractivity contribution in [3.8, 4) is 10.6 Å². The van der Waals surface area contributed by atoms with Crippen LogP contribution in [0.25, 0.3) is 10.6 Å². The van der Waals surface area contributed by atoms with Crippen molar-refractivity contribution >= 4 is 23.2 Å². The summed E-state index contributed by atoms with van der Waals surface area (Å²) in [5, 5.41) is 4.30. The summed E-state index contributed by atoms with van der Waals surface area (Å²) in [6.45, 7) is 0.146. The second-order valence-corrected chi connectivity index (χ2v) is 4.24. The summed E-state index contributed by atoms with van der Waals surface area (Å²) >= 11 is 1.56. The lowest BCUT2D eigenvalue weighted by Gasteiger charge is -1.98. The van der Waals surface area contributed by atoms with Crippen LogP contribution >= 0.6 is 11.3 Å². The van der Waals surface area contributed by atoms with Gasteiger partial charge in [0.2, 0.25) is 0 Å². The lowest BCUT2D eigenvalue weighted by atomic mass is 10.3. The molecule has 0 aromatic carbocycles. The summed E-state index contributed by atoms with van der Waals surface area (Å²) in [5.74, 6) is -0.513. The molecule has 2 amide bonds. The minimum atomic E-state index is -1.00. The van der Waals surface area contributed by atoms with Gasteiger partial charge in [-0.25, -0.2) is 0 Å². The van der Waals surface area contributed by atoms with Gasteiger partial charge in [0.25, 0.3) is 0 Å². The zero-order valence-electron chi connectivity index (χ0n) is 8.80. The van der Waals surface area contributed by atoms with E-state index >= 15 is 0 Å². The van der Waals surface area contributed by atoms with E-state index in [9.17, 15) is 9.59 Å². The Hall–Kier alpha value is -2.08. The smallest absolute Gasteiger partial charge is 0.309 e. The third-order valence-corrected chi connectivity index (χ3v) is 2.96. The van der Waals surface area contributed by atoms with Crippen molar-refractivity contribution in [1.29, 1.82) is 0 Å². The van der Waals surface area contributed by atoms with Crippen LogP contribution in [0.1, 0.15) is 5.76 Å². The maximum absolute atomic E-state index is 10.9. The van der Waals surface area contributed by atoms with Crippen molar-refractivity contribution in [2.45, 2.75) is 6.54 Å². The Morgan fingerprint density at radius 3 is 2.82 bits per heavy atom. The molecule has 88 valence electrons. The monoisotopic (exact) mass is 250 g/mol. The lowest BCUT2D eigenvalue weighted by Crippen LogP contribution is -2.35. The highest BCUT2D eigenvalue weighted by Gasteiger charge is 2.10. The number of nitrogens with one attached hydrogen (secondary N) is 1. The van der Waals surface area contributed by atoms with Crippen LogP contribution in [0.5, 0.6) is 0 Å². The summed E-state index contributed by atoms with van der Waals surface area (Å²) in [5.41, 5.74) is 4.80. The van der Waals surface area contributed by atoms with Gasteiger partial charge in [0.15, 0.2) is 0 Å². The topological polar surface area (TPSA) is 85.3 Å². The zero-order valence-corrected chi connectivity index (χ0v) is 9.62. The molecule has 2 rings (SSSR count). The molecule has 2 aromatic rings. The summed E-state index contributed by atoms with van der Waals surface area (Å²) in [6.07, 6.45) is 0. The largest absolute Gasteiger partial charge is 0.458 e. The van der Waals surface area contributed by atoms with Crippen LogP contribution < -0.4 is 11.1 Å². The van der Waals surface area contributed by atoms with Crippen molar-refractivity contribution in [3.05, 3.63) is 35.4 Å². The minimum absolute atomic E-state index is 0.146. The fraction of sp³-hybridized carbons (Fsp3) is 0.0909. The zero-order chi connectivity index (χ0) is 12.3. The highest BCUT2D eigenvalue weighted by Crippen LogP contribution is 2.26. The third kappa shape index (κ3) is 2.73. The van der Waals surface area contributed by atoms with Gasteiger partial charge in [0.1, 0.15) is 11.5 Å². The Labute approximate surface area is 101 Å². The molecule has 0 unspecified atom stereocenters. The van der Waals surface area contributed by atoms with E-state index in [-0.39, 0.29) is 6.54 Å². The quantitative estimate of drug-likeness (QED) is 0.800. The van der Waals surface area contributed by atoms with E-state index in [2.05, 4.69) is 5.32 Å². The van der Waals surface area contributed by atoms with Crippen molar-refractivity contribution < 1.29 is 14.0 Å². The van der Waals surface area contributed by atoms with Gasteiger partial charge in [-0.1, -0.05) is 6.07 Å². The number of carbonyl (C=O) groups excluding carboxylic acids is 2. The van der Waals surface area contributed by atoms with Gasteiger partial charge in [0.05, 0.1) is 11.4 Å². The molecule has 0 spiro atoms. The van der Waals surface area contributed by atoms with Crippen LogP contribution in [0.2, 0.25) is 0 Å². The second-order valence-electron chi connectivity index (χ2n) is 3.29. The average Bonchev–Trinajstić information content (AvgIpc) is 2.95. The minimum Gasteiger partial charge on any atom is -0.458 e. The van der Waals surface area contributed by atoms with Gasteiger partial charge in [-0.2, -0.15) is 0 Å². The molecule has 0 atom stereocenters. The number of furan rings is 1. The van der Waals surface area contributed by atoms with Gasteiger partial charge in [0, 0.05) is 0 Å². The maximum Gasteiger partial charge on any atom is 0.309 e. The van der Waals surface area contributed by atoms with Gasteiger partial charge in [-0.05, 0) is 23.6 Å². The predicted octanol–water partition coefficient (Wildman–Crippen LogP) is 1.11. The molecule has 0 saturated heterocycles. The summed E-state index contributed by atoms with van der Waals surface area (Å²) < 4.78 is 5.50. The first-order chi connectivity index (χ1) is 8.16. The first kappa shape index (κ1) is 11.4. The number of primary amides is 1. The summed E-state index contributed by atoms with van der Waals surface area (Å²) in [6, 6.07) is 7.43. The standard InChI is InChI=1S/C11H10N2O3S/c12-10(14)11(15)13-6-7-3-4-8(16-7)9-2-1-5-17-9/h1-5H,6H2,(H2,12,14)(H,13,15). The molecule has 0 saturated carbocycles. The molecule has 0 radical (unpaired) electrons. The number of nitrogens with two attached hydrogens (primary N) is 1. The van der Waals surface area contributed by atoms with Crippen molar-refractivity contribution in [2.75, 3.05) is 0 Å². The SMILES string of the molecule is NC(=O)C(=O)NCc1ccc(-c2cccs2)o1. The second kappa shape index (κ2) is 4.84. The number of thiophene rings is 1. The van der Waals surface area contributed by atoms with Crippen molar-refractivity contribution in [3.63, 3.8) is 0 Å². The number of amides is 2. The highest BCUT2D eigenvalue weighted by atomic mass is 32.1. The van der Waals surface area contributed by atoms with Gasteiger partial charge < -0.3 is 15.5 Å². The average molecular weight is 250 g/mol. The van der Waals surface area contributed by atoms with Gasteiger partial charge >= 0.3 is 11.8 Å². The van der Waals surface area contributed by atoms with E-state index in [0.29, 0.717) is 5.76 Å². The van der Waals surface area contributed by atoms with Gasteiger partial charge in [-0.3, -0.25) is 9.59 Å². The number of hydrogen-bond donors (Lipinski definition) is 2. The van der Waals surface area contributed by atoms with Crippen molar-refractivity contribution in [2.24, 2.45) is 5.73 Å². The fourth-order valence-corrected chi connectivity index (χ4v) is 1.97. The van der Waals surface area contributed by atoms with Crippen LogP contribution in [0, 0.1) is 0 Å². The van der Waals surface area contributed by atoms with E-state index in [4.69, 9.17) is 10.2 Å². The van der Waals surface area contributed by atoms with Crippen LogP contribution in [-0.4, -0.2) is 11.8 Å². The third-order valence-electron chi connectivity index (χ3n) is 2.07. The Bertz CT molecular complexity index is 531. The molecule has 3 N–H and O–H groups in total. The molecule has 6 heteroatoms. The first-order valence-electron chi connectivity index (χ1n) is 4.87. The van der Waals surface area contributed by atoms with Crippen molar-refractivity contribution in [1.82, 2.24) is 5.32 Å². The molecule has 2 heterocycles. The van der Waals surface area contributed by atoms with Crippen LogP contribution in [0.3, 0.4) is 0 Å². The summed E-state index contributed by atoms with van der Waals surface area (Å²) in [7, 11) is 0. The number of carbonyl (C=O) groups is 2. The number of hydrogen-bond acceptors (Lipinski definition) is 4. The molecule has 17 heavy (non-hydrogen) atoms. The predicted molar refractivity (Wildman–Crippen MR) is 63.1 cm³/mol. The highest BCUT2D eigenvalue weighted by molar-refractivity contribution is 7.13. The molecule has 5 nitrogen and oxygen atoms in total. The molecule has 0 fully saturated rings. The first-order valence-corrected chi connectivity index (χ1v) is 5.75. The van der Waals surface area contributed by atoms with E-state index < -0.39 is 11.8 Å². The van der Waals surface area contributed by atoms with E-state index in [0.717, 1.165) is 10.6 Å². The number of rotatable bonds is 3. The van der Waals surface area contributed by atoms with Gasteiger partial charge in [-0.15, -0.1) is 11.3 Å². The lowest BCUT2D eigenvalue weighted by molar-refractivity contribution is -0.137. The van der Waals surface area contributed by atoms with E-state index in [1.54, 1.807) is 17.4 Å². The summed E-state index contributed by atoms with van der Waals surface area (Å²) in [4.78, 5) is 22.4. The molecule has 2 aromatic heterocycles.